The number of carbonyl (C=O) groups excluding carboxylic acids is 1. The summed E-state index contributed by atoms with van der Waals surface area (Å²) in [5.74, 6) is 1.66. The highest BCUT2D eigenvalue weighted by Gasteiger charge is 2.42. The second kappa shape index (κ2) is 8.27. The highest BCUT2D eigenvalue weighted by Crippen LogP contribution is 2.41. The summed E-state index contributed by atoms with van der Waals surface area (Å²) in [5.41, 5.74) is 0.573. The number of ether oxygens (including phenoxy) is 4. The number of benzene rings is 1. The maximum atomic E-state index is 13.2. The summed E-state index contributed by atoms with van der Waals surface area (Å²) in [6.07, 6.45) is 3.33. The van der Waals surface area contributed by atoms with Gasteiger partial charge < -0.3 is 29.6 Å². The van der Waals surface area contributed by atoms with Gasteiger partial charge in [-0.2, -0.15) is 0 Å². The maximum Gasteiger partial charge on any atom is 0.231 e. The molecular weight excluding hydrogens is 360 g/mol. The van der Waals surface area contributed by atoms with E-state index in [1.165, 1.54) is 5.56 Å². The van der Waals surface area contributed by atoms with Crippen molar-refractivity contribution in [2.45, 2.75) is 31.1 Å². The monoisotopic (exact) mass is 390 g/mol. The zero-order valence-corrected chi connectivity index (χ0v) is 16.6. The Morgan fingerprint density at radius 3 is 2.64 bits per heavy atom. The second-order valence-electron chi connectivity index (χ2n) is 8.11. The predicted octanol–water partition coefficient (Wildman–Crippen LogP) is 1.60. The summed E-state index contributed by atoms with van der Waals surface area (Å²) >= 11 is 0. The SMILES string of the molecule is COCC1(C(=O)NCC2(c3ccc4c(c3)OCO4)CCOCC2)CCNCC1. The van der Waals surface area contributed by atoms with Crippen LogP contribution in [0.15, 0.2) is 18.2 Å². The number of carbonyl (C=O) groups is 1. The molecule has 0 spiro atoms. The molecule has 154 valence electrons. The number of rotatable bonds is 6. The first kappa shape index (κ1) is 19.5. The lowest BCUT2D eigenvalue weighted by Gasteiger charge is -2.40. The Morgan fingerprint density at radius 2 is 1.89 bits per heavy atom. The lowest BCUT2D eigenvalue weighted by molar-refractivity contribution is -0.136. The molecule has 0 bridgehead atoms. The van der Waals surface area contributed by atoms with Gasteiger partial charge in [0.15, 0.2) is 11.5 Å². The normalized spacial score (nSPS) is 22.6. The van der Waals surface area contributed by atoms with Gasteiger partial charge >= 0.3 is 0 Å². The third-order valence-electron chi connectivity index (χ3n) is 6.49. The van der Waals surface area contributed by atoms with Gasteiger partial charge in [-0.3, -0.25) is 4.79 Å². The summed E-state index contributed by atoms with van der Waals surface area (Å²) in [4.78, 5) is 13.2. The van der Waals surface area contributed by atoms with Crippen LogP contribution in [0.25, 0.3) is 0 Å². The predicted molar refractivity (Wildman–Crippen MR) is 104 cm³/mol. The minimum absolute atomic E-state index is 0.0995. The molecular formula is C21H30N2O5. The van der Waals surface area contributed by atoms with Crippen molar-refractivity contribution in [1.82, 2.24) is 10.6 Å². The Labute approximate surface area is 166 Å². The molecule has 1 aromatic carbocycles. The van der Waals surface area contributed by atoms with Crippen molar-refractivity contribution in [3.05, 3.63) is 23.8 Å². The molecule has 1 amide bonds. The van der Waals surface area contributed by atoms with Crippen molar-refractivity contribution in [2.75, 3.05) is 53.4 Å². The maximum absolute atomic E-state index is 13.2. The van der Waals surface area contributed by atoms with Crippen molar-refractivity contribution in [3.63, 3.8) is 0 Å². The van der Waals surface area contributed by atoms with E-state index in [1.54, 1.807) is 7.11 Å². The molecule has 0 saturated carbocycles. The lowest BCUT2D eigenvalue weighted by atomic mass is 9.73. The van der Waals surface area contributed by atoms with E-state index in [-0.39, 0.29) is 18.1 Å². The third-order valence-corrected chi connectivity index (χ3v) is 6.49. The molecule has 7 nitrogen and oxygen atoms in total. The van der Waals surface area contributed by atoms with Gasteiger partial charge in [0.05, 0.1) is 12.0 Å². The van der Waals surface area contributed by atoms with Gasteiger partial charge in [0.1, 0.15) is 0 Å². The molecule has 0 radical (unpaired) electrons. The van der Waals surface area contributed by atoms with E-state index < -0.39 is 5.41 Å². The topological polar surface area (TPSA) is 78.1 Å². The first-order valence-electron chi connectivity index (χ1n) is 10.1. The van der Waals surface area contributed by atoms with Crippen LogP contribution in [-0.2, 0) is 19.7 Å². The van der Waals surface area contributed by atoms with Gasteiger partial charge in [-0.15, -0.1) is 0 Å². The van der Waals surface area contributed by atoms with E-state index in [0.717, 1.165) is 50.3 Å². The number of nitrogens with one attached hydrogen (secondary N) is 2. The van der Waals surface area contributed by atoms with E-state index in [2.05, 4.69) is 22.8 Å². The van der Waals surface area contributed by atoms with Gasteiger partial charge in [-0.05, 0) is 56.5 Å². The van der Waals surface area contributed by atoms with E-state index in [9.17, 15) is 4.79 Å². The van der Waals surface area contributed by atoms with Crippen LogP contribution in [0.3, 0.4) is 0 Å². The van der Waals surface area contributed by atoms with Gasteiger partial charge in [0, 0.05) is 32.3 Å². The molecule has 28 heavy (non-hydrogen) atoms. The molecule has 2 fully saturated rings. The molecule has 3 aliphatic heterocycles. The molecule has 0 atom stereocenters. The van der Waals surface area contributed by atoms with Crippen molar-refractivity contribution in [2.24, 2.45) is 5.41 Å². The molecule has 3 aliphatic rings. The van der Waals surface area contributed by atoms with Crippen LogP contribution in [0.4, 0.5) is 0 Å². The van der Waals surface area contributed by atoms with E-state index in [1.807, 2.05) is 6.07 Å². The van der Waals surface area contributed by atoms with Gasteiger partial charge in [0.25, 0.3) is 0 Å². The molecule has 4 rings (SSSR count). The Kier molecular flexibility index (Phi) is 5.75. The quantitative estimate of drug-likeness (QED) is 0.768. The van der Waals surface area contributed by atoms with Crippen molar-refractivity contribution >= 4 is 5.91 Å². The number of amides is 1. The summed E-state index contributed by atoms with van der Waals surface area (Å²) < 4.78 is 22.1. The number of fused-ring (bicyclic) bond motifs is 1. The van der Waals surface area contributed by atoms with Gasteiger partial charge in [0.2, 0.25) is 12.7 Å². The third kappa shape index (κ3) is 3.71. The second-order valence-corrected chi connectivity index (χ2v) is 8.11. The fourth-order valence-corrected chi connectivity index (χ4v) is 4.61. The zero-order chi connectivity index (χ0) is 19.5. The molecule has 7 heteroatoms. The molecule has 2 saturated heterocycles. The van der Waals surface area contributed by atoms with Crippen LogP contribution in [-0.4, -0.2) is 59.3 Å². The summed E-state index contributed by atoms with van der Waals surface area (Å²) in [7, 11) is 1.67. The number of piperidine rings is 1. The van der Waals surface area contributed by atoms with Crippen molar-refractivity contribution < 1.29 is 23.7 Å². The number of hydrogen-bond donors (Lipinski definition) is 2. The van der Waals surface area contributed by atoms with Crippen LogP contribution in [0, 0.1) is 5.41 Å². The Morgan fingerprint density at radius 1 is 1.14 bits per heavy atom. The molecule has 0 unspecified atom stereocenters. The first-order valence-corrected chi connectivity index (χ1v) is 10.1. The van der Waals surface area contributed by atoms with E-state index >= 15 is 0 Å². The summed E-state index contributed by atoms with van der Waals surface area (Å²) in [6, 6.07) is 6.13. The van der Waals surface area contributed by atoms with Crippen LogP contribution >= 0.6 is 0 Å². The molecule has 2 N–H and O–H groups in total. The average Bonchev–Trinajstić information content (AvgIpc) is 3.21. The summed E-state index contributed by atoms with van der Waals surface area (Å²) in [5, 5.41) is 6.62. The van der Waals surface area contributed by atoms with Crippen molar-refractivity contribution in [1.29, 1.82) is 0 Å². The smallest absolute Gasteiger partial charge is 0.231 e. The van der Waals surface area contributed by atoms with Gasteiger partial charge in [-0.25, -0.2) is 0 Å². The lowest BCUT2D eigenvalue weighted by Crippen LogP contribution is -2.53. The van der Waals surface area contributed by atoms with E-state index in [0.29, 0.717) is 26.4 Å². The Hall–Kier alpha value is -1.83. The minimum Gasteiger partial charge on any atom is -0.454 e. The zero-order valence-electron chi connectivity index (χ0n) is 16.6. The van der Waals surface area contributed by atoms with Crippen LogP contribution in [0.2, 0.25) is 0 Å². The van der Waals surface area contributed by atoms with Crippen LogP contribution < -0.4 is 20.1 Å². The van der Waals surface area contributed by atoms with Crippen LogP contribution in [0.5, 0.6) is 11.5 Å². The Balaban J connectivity index is 1.53. The summed E-state index contributed by atoms with van der Waals surface area (Å²) in [6.45, 7) is 4.39. The number of methoxy groups -OCH3 is 1. The largest absolute Gasteiger partial charge is 0.454 e. The molecule has 3 heterocycles. The number of hydrogen-bond acceptors (Lipinski definition) is 6. The standard InChI is InChI=1S/C21H30N2O5/c1-25-14-21(4-8-22-9-5-21)19(24)23-13-20(6-10-26-11-7-20)16-2-3-17-18(12-16)28-15-27-17/h2-3,12,22H,4-11,13-15H2,1H3,(H,23,24). The average molecular weight is 390 g/mol. The molecule has 1 aromatic rings. The fraction of sp³-hybridized carbons (Fsp3) is 0.667. The fourth-order valence-electron chi connectivity index (χ4n) is 4.61. The minimum atomic E-state index is -0.443. The first-order chi connectivity index (χ1) is 13.7. The van der Waals surface area contributed by atoms with Gasteiger partial charge in [-0.1, -0.05) is 6.07 Å². The Bertz CT molecular complexity index is 691. The van der Waals surface area contributed by atoms with Crippen molar-refractivity contribution in [3.8, 4) is 11.5 Å². The molecule has 0 aliphatic carbocycles. The highest BCUT2D eigenvalue weighted by atomic mass is 16.7. The molecule has 0 aromatic heterocycles. The van der Waals surface area contributed by atoms with Crippen LogP contribution in [0.1, 0.15) is 31.2 Å². The van der Waals surface area contributed by atoms with E-state index in [4.69, 9.17) is 18.9 Å². The highest BCUT2D eigenvalue weighted by molar-refractivity contribution is 5.83.